The smallest absolute Gasteiger partial charge is 0.214 e. The van der Waals surface area contributed by atoms with E-state index in [1.54, 1.807) is 23.7 Å². The fourth-order valence-corrected chi connectivity index (χ4v) is 2.91. The lowest BCUT2D eigenvalue weighted by Crippen LogP contribution is -2.22. The van der Waals surface area contributed by atoms with Gasteiger partial charge in [-0.25, -0.2) is 9.50 Å². The first-order valence-electron chi connectivity index (χ1n) is 6.55. The van der Waals surface area contributed by atoms with Gasteiger partial charge in [0.2, 0.25) is 10.1 Å². The highest BCUT2D eigenvalue weighted by Gasteiger charge is 2.13. The molecule has 0 N–H and O–H groups in total. The van der Waals surface area contributed by atoms with Crippen molar-refractivity contribution in [2.45, 2.75) is 0 Å². The van der Waals surface area contributed by atoms with E-state index in [2.05, 4.69) is 33.1 Å². The monoisotopic (exact) mass is 297 g/mol. The number of pyridine rings is 1. The molecule has 0 atom stereocenters. The lowest BCUT2D eigenvalue weighted by molar-refractivity contribution is 0.887. The summed E-state index contributed by atoms with van der Waals surface area (Å²) in [7, 11) is 0. The lowest BCUT2D eigenvalue weighted by atomic mass is 10.2. The molecule has 0 spiro atoms. The second-order valence-corrected chi connectivity index (χ2v) is 5.40. The molecule has 21 heavy (non-hydrogen) atoms. The standard InChI is InChI=1S/C15H15N5S/c1-3-8-19(9-4-2)15-18-20-11-13(17-14(20)21-15)12-6-5-7-16-10-12/h3-7,10-11H,1-2,8-9H2. The predicted molar refractivity (Wildman–Crippen MR) is 86.7 cm³/mol. The molecular weight excluding hydrogens is 282 g/mol. The number of rotatable bonds is 6. The second kappa shape index (κ2) is 5.88. The average molecular weight is 297 g/mol. The molecule has 0 radical (unpaired) electrons. The summed E-state index contributed by atoms with van der Waals surface area (Å²) in [4.78, 5) is 11.7. The molecule has 3 heterocycles. The van der Waals surface area contributed by atoms with Crippen molar-refractivity contribution in [1.82, 2.24) is 19.6 Å². The van der Waals surface area contributed by atoms with Crippen molar-refractivity contribution in [2.75, 3.05) is 18.0 Å². The molecule has 0 aliphatic heterocycles. The molecule has 0 unspecified atom stereocenters. The topological polar surface area (TPSA) is 46.3 Å². The van der Waals surface area contributed by atoms with Gasteiger partial charge < -0.3 is 4.90 Å². The maximum Gasteiger partial charge on any atom is 0.214 e. The zero-order valence-corrected chi connectivity index (χ0v) is 12.3. The highest BCUT2D eigenvalue weighted by Crippen LogP contribution is 2.26. The first kappa shape index (κ1) is 13.5. The van der Waals surface area contributed by atoms with Gasteiger partial charge in [-0.05, 0) is 12.1 Å². The Morgan fingerprint density at radius 1 is 1.29 bits per heavy atom. The predicted octanol–water partition coefficient (Wildman–Crippen LogP) is 3.03. The Hall–Kier alpha value is -2.47. The van der Waals surface area contributed by atoms with Crippen LogP contribution in [-0.4, -0.2) is 32.7 Å². The summed E-state index contributed by atoms with van der Waals surface area (Å²) in [5.41, 5.74) is 1.87. The Morgan fingerprint density at radius 2 is 2.10 bits per heavy atom. The lowest BCUT2D eigenvalue weighted by Gasteiger charge is -2.16. The summed E-state index contributed by atoms with van der Waals surface area (Å²) in [5.74, 6) is 0. The zero-order chi connectivity index (χ0) is 14.7. The van der Waals surface area contributed by atoms with Crippen molar-refractivity contribution in [1.29, 1.82) is 0 Å². The van der Waals surface area contributed by atoms with E-state index in [1.165, 1.54) is 0 Å². The van der Waals surface area contributed by atoms with E-state index in [-0.39, 0.29) is 0 Å². The fourth-order valence-electron chi connectivity index (χ4n) is 2.01. The summed E-state index contributed by atoms with van der Waals surface area (Å²) < 4.78 is 1.81. The van der Waals surface area contributed by atoms with Gasteiger partial charge in [-0.15, -0.1) is 18.3 Å². The number of aromatic nitrogens is 4. The van der Waals surface area contributed by atoms with Gasteiger partial charge in [0.25, 0.3) is 0 Å². The number of hydrogen-bond donors (Lipinski definition) is 0. The second-order valence-electron chi connectivity index (χ2n) is 4.46. The van der Waals surface area contributed by atoms with Crippen molar-refractivity contribution in [3.05, 3.63) is 56.0 Å². The molecule has 0 saturated carbocycles. The molecule has 0 aliphatic rings. The first-order valence-corrected chi connectivity index (χ1v) is 7.37. The van der Waals surface area contributed by atoms with Crippen molar-refractivity contribution in [2.24, 2.45) is 0 Å². The van der Waals surface area contributed by atoms with Crippen molar-refractivity contribution >= 4 is 21.4 Å². The van der Waals surface area contributed by atoms with Crippen LogP contribution in [0.2, 0.25) is 0 Å². The van der Waals surface area contributed by atoms with E-state index in [0.29, 0.717) is 0 Å². The van der Waals surface area contributed by atoms with Gasteiger partial charge in [0, 0.05) is 31.0 Å². The molecule has 0 aromatic carbocycles. The third-order valence-electron chi connectivity index (χ3n) is 2.96. The minimum atomic E-state index is 0.734. The number of imidazole rings is 1. The largest absolute Gasteiger partial charge is 0.339 e. The molecule has 3 aromatic heterocycles. The fraction of sp³-hybridized carbons (Fsp3) is 0.133. The highest BCUT2D eigenvalue weighted by atomic mass is 32.1. The van der Waals surface area contributed by atoms with Crippen LogP contribution in [0.5, 0.6) is 0 Å². The number of nitrogens with zero attached hydrogens (tertiary/aromatic N) is 5. The summed E-state index contributed by atoms with van der Waals surface area (Å²) in [6.45, 7) is 9.02. The molecule has 0 saturated heterocycles. The summed E-state index contributed by atoms with van der Waals surface area (Å²) >= 11 is 1.55. The Balaban J connectivity index is 1.93. The molecule has 106 valence electrons. The van der Waals surface area contributed by atoms with E-state index < -0.39 is 0 Å². The number of fused-ring (bicyclic) bond motifs is 1. The minimum absolute atomic E-state index is 0.734. The van der Waals surface area contributed by atoms with E-state index in [4.69, 9.17) is 0 Å². The van der Waals surface area contributed by atoms with Gasteiger partial charge in [0.15, 0.2) is 0 Å². The van der Waals surface area contributed by atoms with E-state index >= 15 is 0 Å². The highest BCUT2D eigenvalue weighted by molar-refractivity contribution is 7.20. The Bertz CT molecular complexity index is 717. The van der Waals surface area contributed by atoms with Gasteiger partial charge >= 0.3 is 0 Å². The molecular formula is C15H15N5S. The normalized spacial score (nSPS) is 10.7. The van der Waals surface area contributed by atoms with Crippen LogP contribution in [-0.2, 0) is 0 Å². The van der Waals surface area contributed by atoms with Crippen LogP contribution in [0.3, 0.4) is 0 Å². The van der Waals surface area contributed by atoms with Crippen LogP contribution in [0.1, 0.15) is 0 Å². The van der Waals surface area contributed by atoms with Crippen LogP contribution < -0.4 is 4.90 Å². The zero-order valence-electron chi connectivity index (χ0n) is 11.5. The number of anilines is 1. The molecule has 0 bridgehead atoms. The third kappa shape index (κ3) is 2.71. The summed E-state index contributed by atoms with van der Waals surface area (Å²) in [6.07, 6.45) is 9.19. The Morgan fingerprint density at radius 3 is 2.71 bits per heavy atom. The molecule has 0 aliphatic carbocycles. The molecule has 3 aromatic rings. The van der Waals surface area contributed by atoms with Gasteiger partial charge in [0.1, 0.15) is 0 Å². The Kier molecular flexibility index (Phi) is 3.79. The van der Waals surface area contributed by atoms with Gasteiger partial charge in [-0.3, -0.25) is 4.98 Å². The summed E-state index contributed by atoms with van der Waals surface area (Å²) in [6, 6.07) is 3.89. The van der Waals surface area contributed by atoms with Crippen LogP contribution >= 0.6 is 11.3 Å². The van der Waals surface area contributed by atoms with Gasteiger partial charge in [-0.2, -0.15) is 0 Å². The van der Waals surface area contributed by atoms with Crippen molar-refractivity contribution < 1.29 is 0 Å². The number of hydrogen-bond acceptors (Lipinski definition) is 5. The summed E-state index contributed by atoms with van der Waals surface area (Å²) in [5, 5.41) is 5.49. The van der Waals surface area contributed by atoms with Crippen LogP contribution in [0.25, 0.3) is 16.2 Å². The maximum absolute atomic E-state index is 4.61. The molecule has 5 nitrogen and oxygen atoms in total. The molecule has 0 amide bonds. The van der Waals surface area contributed by atoms with E-state index in [9.17, 15) is 0 Å². The quantitative estimate of drug-likeness (QED) is 0.656. The van der Waals surface area contributed by atoms with Crippen LogP contribution in [0, 0.1) is 0 Å². The molecule has 3 rings (SSSR count). The van der Waals surface area contributed by atoms with Gasteiger partial charge in [-0.1, -0.05) is 23.5 Å². The van der Waals surface area contributed by atoms with Gasteiger partial charge in [0.05, 0.1) is 11.9 Å². The molecule has 6 heteroatoms. The molecule has 0 fully saturated rings. The van der Waals surface area contributed by atoms with Crippen molar-refractivity contribution in [3.8, 4) is 11.3 Å². The van der Waals surface area contributed by atoms with E-state index in [0.717, 1.165) is 34.4 Å². The van der Waals surface area contributed by atoms with Crippen LogP contribution in [0.15, 0.2) is 56.0 Å². The van der Waals surface area contributed by atoms with Crippen LogP contribution in [0.4, 0.5) is 5.13 Å². The Labute approximate surface area is 126 Å². The van der Waals surface area contributed by atoms with Crippen molar-refractivity contribution in [3.63, 3.8) is 0 Å². The maximum atomic E-state index is 4.61. The first-order chi connectivity index (χ1) is 10.3. The SMILES string of the molecule is C=CCN(CC=C)c1nn2cc(-c3cccnc3)nc2s1. The van der Waals surface area contributed by atoms with E-state index in [1.807, 2.05) is 35.0 Å². The third-order valence-corrected chi connectivity index (χ3v) is 3.94. The average Bonchev–Trinajstić information content (AvgIpc) is 3.06. The minimum Gasteiger partial charge on any atom is -0.339 e.